The van der Waals surface area contributed by atoms with E-state index in [1.54, 1.807) is 0 Å². The van der Waals surface area contributed by atoms with Crippen LogP contribution in [0.25, 0.3) is 0 Å². The lowest BCUT2D eigenvalue weighted by Crippen LogP contribution is -2.50. The van der Waals surface area contributed by atoms with Crippen LogP contribution in [-0.2, 0) is 4.43 Å². The van der Waals surface area contributed by atoms with Crippen LogP contribution in [0.1, 0.15) is 61.8 Å². The van der Waals surface area contributed by atoms with Crippen molar-refractivity contribution >= 4 is 31.8 Å². The second-order valence-electron chi connectivity index (χ2n) is 8.87. The number of hydrogen-bond acceptors (Lipinski definition) is 5. The Morgan fingerprint density at radius 1 is 0.885 bits per heavy atom. The van der Waals surface area contributed by atoms with E-state index in [-0.39, 0.29) is 11.8 Å². The van der Waals surface area contributed by atoms with Crippen molar-refractivity contribution < 1.29 is 14.6 Å². The zero-order chi connectivity index (χ0) is 20.1. The van der Waals surface area contributed by atoms with Crippen molar-refractivity contribution in [1.82, 2.24) is 0 Å². The Kier molecular flexibility index (Phi) is 10.6. The normalized spacial score (nSPS) is 22.0. The molecule has 1 fully saturated rings. The van der Waals surface area contributed by atoms with Gasteiger partial charge in [-0.3, -0.25) is 0 Å². The van der Waals surface area contributed by atoms with E-state index in [9.17, 15) is 10.2 Å². The molecular weight excluding hydrogens is 380 g/mol. The van der Waals surface area contributed by atoms with E-state index in [2.05, 4.69) is 48.5 Å². The Bertz CT molecular complexity index is 379. The fraction of sp³-hybridized carbons (Fsp3) is 1.00. The first-order valence-corrected chi connectivity index (χ1v) is 14.5. The molecule has 3 nitrogen and oxygen atoms in total. The van der Waals surface area contributed by atoms with Crippen molar-refractivity contribution in [1.29, 1.82) is 0 Å². The third-order valence-electron chi connectivity index (χ3n) is 6.18. The van der Waals surface area contributed by atoms with Gasteiger partial charge in [-0.15, -0.1) is 23.5 Å². The second-order valence-corrected chi connectivity index (χ2v) is 17.1. The molecule has 0 aliphatic carbocycles. The molecule has 4 atom stereocenters. The molecular formula is C20H42O3S2Si. The summed E-state index contributed by atoms with van der Waals surface area (Å²) in [6, 6.07) is 0. The van der Waals surface area contributed by atoms with Crippen molar-refractivity contribution in [2.75, 3.05) is 18.1 Å². The van der Waals surface area contributed by atoms with Gasteiger partial charge in [-0.25, -0.2) is 0 Å². The Morgan fingerprint density at radius 3 is 1.77 bits per heavy atom. The highest BCUT2D eigenvalue weighted by molar-refractivity contribution is 8.17. The summed E-state index contributed by atoms with van der Waals surface area (Å²) in [5, 5.41) is 21.6. The van der Waals surface area contributed by atoms with Gasteiger partial charge in [-0.2, -0.15) is 0 Å². The summed E-state index contributed by atoms with van der Waals surface area (Å²) in [5.41, 5.74) is 1.51. The maximum Gasteiger partial charge on any atom is 0.200 e. The van der Waals surface area contributed by atoms with Crippen LogP contribution in [0, 0.1) is 11.8 Å². The summed E-state index contributed by atoms with van der Waals surface area (Å²) < 4.78 is 6.97. The summed E-state index contributed by atoms with van der Waals surface area (Å²) in [6.07, 6.45) is 0.145. The molecule has 2 N–H and O–H groups in total. The molecule has 0 bridgehead atoms. The van der Waals surface area contributed by atoms with Gasteiger partial charge >= 0.3 is 0 Å². The minimum absolute atomic E-state index is 0.175. The second kappa shape index (κ2) is 11.1. The monoisotopic (exact) mass is 422 g/mol. The third kappa shape index (κ3) is 5.90. The first-order chi connectivity index (χ1) is 12.1. The van der Waals surface area contributed by atoms with E-state index in [1.165, 1.54) is 17.9 Å². The largest absolute Gasteiger partial charge is 0.413 e. The fourth-order valence-corrected chi connectivity index (χ4v) is 13.2. The van der Waals surface area contributed by atoms with Gasteiger partial charge in [0.05, 0.1) is 23.4 Å². The lowest BCUT2D eigenvalue weighted by atomic mass is 9.90. The molecule has 26 heavy (non-hydrogen) atoms. The highest BCUT2D eigenvalue weighted by atomic mass is 32.2. The van der Waals surface area contributed by atoms with Crippen molar-refractivity contribution in [3.05, 3.63) is 0 Å². The lowest BCUT2D eigenvalue weighted by Gasteiger charge is -2.43. The highest BCUT2D eigenvalue weighted by Crippen LogP contribution is 2.43. The summed E-state index contributed by atoms with van der Waals surface area (Å²) in [7, 11) is -1.98. The first kappa shape index (κ1) is 24.8. The van der Waals surface area contributed by atoms with Gasteiger partial charge in [0.15, 0.2) is 8.32 Å². The predicted molar refractivity (Wildman–Crippen MR) is 121 cm³/mol. The molecule has 0 spiro atoms. The molecule has 1 rings (SSSR count). The van der Waals surface area contributed by atoms with Crippen LogP contribution < -0.4 is 0 Å². The van der Waals surface area contributed by atoms with Crippen LogP contribution in [0.4, 0.5) is 0 Å². The van der Waals surface area contributed by atoms with Gasteiger partial charge in [0.1, 0.15) is 0 Å². The molecule has 1 aliphatic rings. The molecule has 1 heterocycles. The molecule has 6 heteroatoms. The Balaban J connectivity index is 2.70. The van der Waals surface area contributed by atoms with Crippen molar-refractivity contribution in [2.24, 2.45) is 11.8 Å². The molecule has 0 radical (unpaired) electrons. The zero-order valence-electron chi connectivity index (χ0n) is 18.1. The Labute approximate surface area is 171 Å². The first-order valence-electron chi connectivity index (χ1n) is 10.3. The zero-order valence-corrected chi connectivity index (χ0v) is 20.7. The average molecular weight is 423 g/mol. The number of rotatable bonds is 10. The van der Waals surface area contributed by atoms with Gasteiger partial charge in [-0.05, 0) is 34.6 Å². The number of hydrogen-bond donors (Lipinski definition) is 2. The van der Waals surface area contributed by atoms with Crippen LogP contribution in [0.15, 0.2) is 0 Å². The van der Waals surface area contributed by atoms with Crippen molar-refractivity contribution in [3.63, 3.8) is 0 Å². The summed E-state index contributed by atoms with van der Waals surface area (Å²) in [5.74, 6) is 2.36. The number of aliphatic hydroxyl groups is 2. The maximum atomic E-state index is 10.8. The van der Waals surface area contributed by atoms with Gasteiger partial charge in [-0.1, -0.05) is 55.4 Å². The standard InChI is InChI=1S/C20H42O3S2Si/c1-13(2)26(14(3)4,15(5)6)23-12-18(21)16(7)19(22)17(8)20-24-10-9-11-25-20/h13-22H,9-12H2,1-8H3/t16-,17-,18+,19-/m1/s1. The maximum absolute atomic E-state index is 10.8. The predicted octanol–water partition coefficient (Wildman–Crippen LogP) is 5.37. The van der Waals surface area contributed by atoms with Crippen LogP contribution >= 0.6 is 23.5 Å². The van der Waals surface area contributed by atoms with E-state index >= 15 is 0 Å². The number of aliphatic hydroxyl groups excluding tert-OH is 2. The van der Waals surface area contributed by atoms with E-state index < -0.39 is 20.5 Å². The van der Waals surface area contributed by atoms with Crippen LogP contribution in [0.2, 0.25) is 16.6 Å². The van der Waals surface area contributed by atoms with Gasteiger partial charge in [0.2, 0.25) is 0 Å². The minimum Gasteiger partial charge on any atom is -0.413 e. The molecule has 1 saturated heterocycles. The summed E-state index contributed by atoms with van der Waals surface area (Å²) in [4.78, 5) is 0. The SMILES string of the molecule is CC(C)[Si](OC[C@H](O)[C@@H](C)[C@@H](O)[C@@H](C)C1SCCCS1)(C(C)C)C(C)C. The van der Waals surface area contributed by atoms with Crippen LogP contribution in [0.3, 0.4) is 0 Å². The van der Waals surface area contributed by atoms with E-state index in [4.69, 9.17) is 4.43 Å². The van der Waals surface area contributed by atoms with Crippen molar-refractivity contribution in [3.8, 4) is 0 Å². The summed E-state index contributed by atoms with van der Waals surface area (Å²) >= 11 is 3.91. The van der Waals surface area contributed by atoms with E-state index in [1.807, 2.05) is 30.4 Å². The van der Waals surface area contributed by atoms with Crippen LogP contribution in [0.5, 0.6) is 0 Å². The fourth-order valence-electron chi connectivity index (χ4n) is 4.56. The molecule has 0 saturated carbocycles. The quantitative estimate of drug-likeness (QED) is 0.464. The van der Waals surface area contributed by atoms with Gasteiger partial charge in [0.25, 0.3) is 0 Å². The molecule has 156 valence electrons. The lowest BCUT2D eigenvalue weighted by molar-refractivity contribution is -0.0239. The van der Waals surface area contributed by atoms with Crippen molar-refractivity contribution in [2.45, 2.75) is 95.2 Å². The van der Waals surface area contributed by atoms with E-state index in [0.717, 1.165) is 0 Å². The molecule has 0 aromatic rings. The molecule has 1 aliphatic heterocycles. The van der Waals surface area contributed by atoms with Crippen LogP contribution in [-0.4, -0.2) is 53.4 Å². The molecule has 0 amide bonds. The summed E-state index contributed by atoms with van der Waals surface area (Å²) in [6.45, 7) is 18.0. The minimum atomic E-state index is -1.98. The molecule has 0 unspecified atom stereocenters. The molecule has 0 aromatic heterocycles. The topological polar surface area (TPSA) is 49.7 Å². The highest BCUT2D eigenvalue weighted by Gasteiger charge is 2.45. The van der Waals surface area contributed by atoms with Gasteiger partial charge < -0.3 is 14.6 Å². The third-order valence-corrected chi connectivity index (χ3v) is 15.6. The Hall–Kier alpha value is 0.797. The Morgan fingerprint density at radius 2 is 1.35 bits per heavy atom. The average Bonchev–Trinajstić information content (AvgIpc) is 2.59. The van der Waals surface area contributed by atoms with E-state index in [0.29, 0.717) is 27.8 Å². The molecule has 0 aromatic carbocycles. The number of thioether (sulfide) groups is 2. The smallest absolute Gasteiger partial charge is 0.200 e. The van der Waals surface area contributed by atoms with Gasteiger partial charge in [0, 0.05) is 11.8 Å².